The zero-order valence-corrected chi connectivity index (χ0v) is 17.6. The number of carbonyl (C=O) groups excluding carboxylic acids is 2. The molecule has 0 spiro atoms. The maximum Gasteiger partial charge on any atom is 0.257 e. The predicted octanol–water partition coefficient (Wildman–Crippen LogP) is 4.26. The van der Waals surface area contributed by atoms with Crippen molar-refractivity contribution in [1.82, 2.24) is 14.7 Å². The van der Waals surface area contributed by atoms with Crippen molar-refractivity contribution in [3.8, 4) is 5.69 Å². The summed E-state index contributed by atoms with van der Waals surface area (Å²) in [5.74, 6) is -1.28. The molecule has 0 bridgehead atoms. The minimum Gasteiger partial charge on any atom is -0.327 e. The highest BCUT2D eigenvalue weighted by Crippen LogP contribution is 2.23. The van der Waals surface area contributed by atoms with Crippen LogP contribution in [0.2, 0.25) is 0 Å². The van der Waals surface area contributed by atoms with E-state index >= 15 is 0 Å². The number of nitrogens with zero attached hydrogens (tertiary/aromatic N) is 3. The molecule has 1 unspecified atom stereocenters. The zero-order chi connectivity index (χ0) is 22.0. The second kappa shape index (κ2) is 8.71. The van der Waals surface area contributed by atoms with Crippen LogP contribution in [0.5, 0.6) is 0 Å². The molecule has 1 saturated heterocycles. The highest BCUT2D eigenvalue weighted by atomic mass is 19.1. The van der Waals surface area contributed by atoms with Crippen molar-refractivity contribution >= 4 is 17.5 Å². The molecular formula is C24H25FN4O2. The zero-order valence-electron chi connectivity index (χ0n) is 17.6. The number of likely N-dealkylation sites (tertiary alicyclic amines) is 1. The molecule has 31 heavy (non-hydrogen) atoms. The molecule has 160 valence electrons. The van der Waals surface area contributed by atoms with E-state index in [0.29, 0.717) is 18.7 Å². The molecule has 6 nitrogen and oxygen atoms in total. The van der Waals surface area contributed by atoms with Crippen LogP contribution in [0.25, 0.3) is 5.69 Å². The van der Waals surface area contributed by atoms with E-state index in [2.05, 4.69) is 10.4 Å². The summed E-state index contributed by atoms with van der Waals surface area (Å²) in [4.78, 5) is 27.4. The third-order valence-electron chi connectivity index (χ3n) is 5.56. The highest BCUT2D eigenvalue weighted by Gasteiger charge is 2.33. The van der Waals surface area contributed by atoms with Crippen LogP contribution in [0.15, 0.2) is 54.6 Å². The van der Waals surface area contributed by atoms with Crippen LogP contribution >= 0.6 is 0 Å². The maximum absolute atomic E-state index is 14.1. The number of benzene rings is 2. The lowest BCUT2D eigenvalue weighted by atomic mass is 9.99. The Hall–Kier alpha value is -3.48. The number of nitrogens with one attached hydrogen (secondary N) is 1. The molecule has 1 atom stereocenters. The van der Waals surface area contributed by atoms with Gasteiger partial charge in [0.05, 0.1) is 16.9 Å². The number of amides is 2. The number of halogens is 1. The van der Waals surface area contributed by atoms with E-state index in [1.54, 1.807) is 12.1 Å². The molecule has 1 aromatic heterocycles. The lowest BCUT2D eigenvalue weighted by Crippen LogP contribution is -2.50. The van der Waals surface area contributed by atoms with E-state index in [9.17, 15) is 14.0 Å². The average molecular weight is 420 g/mol. The van der Waals surface area contributed by atoms with Crippen molar-refractivity contribution in [1.29, 1.82) is 0 Å². The fraction of sp³-hybridized carbons (Fsp3) is 0.292. The molecule has 2 aromatic carbocycles. The molecule has 4 rings (SSSR count). The van der Waals surface area contributed by atoms with Crippen molar-refractivity contribution in [3.05, 3.63) is 77.4 Å². The monoisotopic (exact) mass is 420 g/mol. The molecule has 2 heterocycles. The molecule has 0 aliphatic carbocycles. The third-order valence-corrected chi connectivity index (χ3v) is 5.56. The van der Waals surface area contributed by atoms with Gasteiger partial charge < -0.3 is 10.2 Å². The van der Waals surface area contributed by atoms with Crippen molar-refractivity contribution in [2.75, 3.05) is 11.9 Å². The van der Waals surface area contributed by atoms with Gasteiger partial charge in [0, 0.05) is 17.9 Å². The number of aromatic nitrogens is 2. The molecule has 1 aliphatic heterocycles. The maximum atomic E-state index is 14.1. The number of hydrogen-bond acceptors (Lipinski definition) is 3. The van der Waals surface area contributed by atoms with E-state index in [0.717, 1.165) is 29.9 Å². The number of carbonyl (C=O) groups is 2. The van der Waals surface area contributed by atoms with Gasteiger partial charge in [-0.3, -0.25) is 9.59 Å². The highest BCUT2D eigenvalue weighted by molar-refractivity contribution is 6.01. The molecule has 0 saturated carbocycles. The molecule has 1 aliphatic rings. The Labute approximate surface area is 180 Å². The van der Waals surface area contributed by atoms with Gasteiger partial charge in [0.15, 0.2) is 0 Å². The fourth-order valence-electron chi connectivity index (χ4n) is 4.04. The Morgan fingerprint density at radius 1 is 1.06 bits per heavy atom. The number of rotatable bonds is 4. The smallest absolute Gasteiger partial charge is 0.257 e. The SMILES string of the molecule is Cc1cc(C)n(-c2ccc(NC(=O)C3CCCCN3C(=O)c3ccccc3F)cc2)n1. The Morgan fingerprint density at radius 3 is 2.48 bits per heavy atom. The van der Waals surface area contributed by atoms with Gasteiger partial charge in [-0.2, -0.15) is 5.10 Å². The van der Waals surface area contributed by atoms with Gasteiger partial charge in [-0.1, -0.05) is 12.1 Å². The van der Waals surface area contributed by atoms with E-state index in [-0.39, 0.29) is 11.5 Å². The predicted molar refractivity (Wildman–Crippen MR) is 117 cm³/mol. The first-order chi connectivity index (χ1) is 14.9. The summed E-state index contributed by atoms with van der Waals surface area (Å²) in [5, 5.41) is 7.37. The summed E-state index contributed by atoms with van der Waals surface area (Å²) in [6, 6.07) is 14.7. The minimum absolute atomic E-state index is 0.00330. The van der Waals surface area contributed by atoms with Gasteiger partial charge >= 0.3 is 0 Å². The second-order valence-corrected chi connectivity index (χ2v) is 7.87. The van der Waals surface area contributed by atoms with Crippen LogP contribution in [-0.2, 0) is 4.79 Å². The minimum atomic E-state index is -0.628. The van der Waals surface area contributed by atoms with E-state index in [1.165, 1.54) is 17.0 Å². The molecule has 1 N–H and O–H groups in total. The summed E-state index contributed by atoms with van der Waals surface area (Å²) >= 11 is 0. The number of aryl methyl sites for hydroxylation is 2. The first-order valence-corrected chi connectivity index (χ1v) is 10.4. The topological polar surface area (TPSA) is 67.2 Å². The molecule has 7 heteroatoms. The standard InChI is InChI=1S/C24H25FN4O2/c1-16-15-17(2)29(27-16)19-12-10-18(11-13-19)26-23(30)22-9-5-6-14-28(22)24(31)20-7-3-4-8-21(20)25/h3-4,7-8,10-13,15,22H,5-6,9,14H2,1-2H3,(H,26,30). The second-order valence-electron chi connectivity index (χ2n) is 7.87. The Kier molecular flexibility index (Phi) is 5.84. The van der Waals surface area contributed by atoms with Crippen LogP contribution in [0.1, 0.15) is 41.0 Å². The molecular weight excluding hydrogens is 395 g/mol. The van der Waals surface area contributed by atoms with Gasteiger partial charge in [0.2, 0.25) is 5.91 Å². The van der Waals surface area contributed by atoms with Crippen molar-refractivity contribution < 1.29 is 14.0 Å². The Bertz CT molecular complexity index is 1110. The number of anilines is 1. The largest absolute Gasteiger partial charge is 0.327 e. The van der Waals surface area contributed by atoms with Crippen molar-refractivity contribution in [3.63, 3.8) is 0 Å². The first-order valence-electron chi connectivity index (χ1n) is 10.4. The lowest BCUT2D eigenvalue weighted by molar-refractivity contribution is -0.121. The lowest BCUT2D eigenvalue weighted by Gasteiger charge is -2.34. The summed E-state index contributed by atoms with van der Waals surface area (Å²) in [6.45, 7) is 4.36. The molecule has 2 amide bonds. The quantitative estimate of drug-likeness (QED) is 0.686. The summed E-state index contributed by atoms with van der Waals surface area (Å²) in [6.07, 6.45) is 2.19. The van der Waals surface area contributed by atoms with Crippen LogP contribution in [0.3, 0.4) is 0 Å². The van der Waals surface area contributed by atoms with Gasteiger partial charge in [0.25, 0.3) is 5.91 Å². The molecule has 1 fully saturated rings. The van der Waals surface area contributed by atoms with Crippen LogP contribution in [0.4, 0.5) is 10.1 Å². The molecule has 0 radical (unpaired) electrons. The van der Waals surface area contributed by atoms with Crippen molar-refractivity contribution in [2.45, 2.75) is 39.2 Å². The van der Waals surface area contributed by atoms with Gasteiger partial charge in [-0.25, -0.2) is 9.07 Å². The summed E-state index contributed by atoms with van der Waals surface area (Å²) < 4.78 is 16.0. The third kappa shape index (κ3) is 4.35. The van der Waals surface area contributed by atoms with E-state index < -0.39 is 17.8 Å². The Balaban J connectivity index is 1.49. The Morgan fingerprint density at radius 2 is 1.81 bits per heavy atom. The van der Waals surface area contributed by atoms with Crippen molar-refractivity contribution in [2.24, 2.45) is 0 Å². The number of hydrogen-bond donors (Lipinski definition) is 1. The van der Waals surface area contributed by atoms with Gasteiger partial charge in [-0.15, -0.1) is 0 Å². The normalized spacial score (nSPS) is 16.2. The van der Waals surface area contributed by atoms with Crippen LogP contribution in [-0.4, -0.2) is 39.1 Å². The van der Waals surface area contributed by atoms with E-state index in [1.807, 2.05) is 48.9 Å². The summed E-state index contributed by atoms with van der Waals surface area (Å²) in [5.41, 5.74) is 3.50. The van der Waals surface area contributed by atoms with Gasteiger partial charge in [0.1, 0.15) is 11.9 Å². The van der Waals surface area contributed by atoms with E-state index in [4.69, 9.17) is 0 Å². The summed E-state index contributed by atoms with van der Waals surface area (Å²) in [7, 11) is 0. The van der Waals surface area contributed by atoms with Gasteiger partial charge in [-0.05, 0) is 75.6 Å². The fourth-order valence-corrected chi connectivity index (χ4v) is 4.04. The first kappa shape index (κ1) is 20.8. The average Bonchev–Trinajstić information content (AvgIpc) is 3.12. The number of piperidine rings is 1. The molecule has 3 aromatic rings. The van der Waals surface area contributed by atoms with Crippen LogP contribution < -0.4 is 5.32 Å². The van der Waals surface area contributed by atoms with Crippen LogP contribution in [0, 0.1) is 19.7 Å².